The van der Waals surface area contributed by atoms with E-state index in [9.17, 15) is 10.1 Å². The van der Waals surface area contributed by atoms with E-state index in [4.69, 9.17) is 0 Å². The summed E-state index contributed by atoms with van der Waals surface area (Å²) >= 11 is 1.94. The molecule has 20 heavy (non-hydrogen) atoms. The van der Waals surface area contributed by atoms with Gasteiger partial charge in [-0.05, 0) is 44.3 Å². The molecule has 1 rings (SSSR count). The summed E-state index contributed by atoms with van der Waals surface area (Å²) in [4.78, 5) is 10.7. The van der Waals surface area contributed by atoms with Crippen LogP contribution in [0.1, 0.15) is 44.4 Å². The third-order valence-electron chi connectivity index (χ3n) is 3.36. The topological polar surface area (TPSA) is 55.2 Å². The molecule has 1 aromatic rings. The Balaban J connectivity index is 2.65. The fourth-order valence-corrected chi connectivity index (χ4v) is 2.91. The molecule has 0 aliphatic rings. The lowest BCUT2D eigenvalue weighted by Gasteiger charge is -2.20. The number of rotatable bonds is 8. The van der Waals surface area contributed by atoms with Gasteiger partial charge in [0.15, 0.2) is 0 Å². The van der Waals surface area contributed by atoms with Crippen LogP contribution in [0.15, 0.2) is 18.2 Å². The molecule has 1 N–H and O–H groups in total. The van der Waals surface area contributed by atoms with Gasteiger partial charge < -0.3 is 5.32 Å². The highest BCUT2D eigenvalue weighted by molar-refractivity contribution is 7.99. The Kier molecular flexibility index (Phi) is 7.02. The number of nitrogens with zero attached hydrogens (tertiary/aromatic N) is 1. The average Bonchev–Trinajstić information content (AvgIpc) is 2.39. The second-order valence-electron chi connectivity index (χ2n) is 5.08. The summed E-state index contributed by atoms with van der Waals surface area (Å²) in [5.74, 6) is 2.29. The first-order chi connectivity index (χ1) is 9.45. The smallest absolute Gasteiger partial charge is 0.272 e. The molecular weight excluding hydrogens is 272 g/mol. The third kappa shape index (κ3) is 5.13. The van der Waals surface area contributed by atoms with Crippen molar-refractivity contribution in [3.63, 3.8) is 0 Å². The lowest BCUT2D eigenvalue weighted by Crippen LogP contribution is -2.29. The van der Waals surface area contributed by atoms with Crippen molar-refractivity contribution in [2.75, 3.05) is 11.5 Å². The molecule has 0 spiro atoms. The fourth-order valence-electron chi connectivity index (χ4n) is 2.10. The highest BCUT2D eigenvalue weighted by Gasteiger charge is 2.15. The molecule has 0 amide bonds. The molecular formula is C15H24N2O2S. The lowest BCUT2D eigenvalue weighted by atomic mass is 10.0. The molecule has 0 radical (unpaired) electrons. The van der Waals surface area contributed by atoms with Crippen LogP contribution in [0.3, 0.4) is 0 Å². The van der Waals surface area contributed by atoms with Gasteiger partial charge in [0.2, 0.25) is 0 Å². The molecule has 4 nitrogen and oxygen atoms in total. The van der Waals surface area contributed by atoms with Gasteiger partial charge in [-0.3, -0.25) is 10.1 Å². The first kappa shape index (κ1) is 17.0. The number of nitrogens with one attached hydrogen (secondary N) is 1. The Morgan fingerprint density at radius 2 is 2.10 bits per heavy atom. The second kappa shape index (κ2) is 8.27. The van der Waals surface area contributed by atoms with Crippen LogP contribution in [0, 0.1) is 17.0 Å². The first-order valence-electron chi connectivity index (χ1n) is 7.04. The van der Waals surface area contributed by atoms with Crippen LogP contribution in [0.2, 0.25) is 0 Å². The summed E-state index contributed by atoms with van der Waals surface area (Å²) in [5, 5.41) is 14.5. The van der Waals surface area contributed by atoms with Crippen LogP contribution in [-0.4, -0.2) is 22.5 Å². The summed E-state index contributed by atoms with van der Waals surface area (Å²) in [6.07, 6.45) is 1.11. The molecule has 112 valence electrons. The molecule has 1 aromatic carbocycles. The molecule has 0 bridgehead atoms. The summed E-state index contributed by atoms with van der Waals surface area (Å²) in [6.45, 7) is 8.15. The highest BCUT2D eigenvalue weighted by atomic mass is 32.2. The Morgan fingerprint density at radius 3 is 2.70 bits per heavy atom. The van der Waals surface area contributed by atoms with E-state index < -0.39 is 0 Å². The van der Waals surface area contributed by atoms with Gasteiger partial charge in [0.1, 0.15) is 0 Å². The van der Waals surface area contributed by atoms with E-state index in [0.717, 1.165) is 23.5 Å². The van der Waals surface area contributed by atoms with Crippen molar-refractivity contribution in [3.05, 3.63) is 39.4 Å². The van der Waals surface area contributed by atoms with Crippen LogP contribution >= 0.6 is 11.8 Å². The van der Waals surface area contributed by atoms with E-state index in [0.29, 0.717) is 11.6 Å². The molecule has 0 saturated carbocycles. The van der Waals surface area contributed by atoms with Crippen molar-refractivity contribution in [2.24, 2.45) is 0 Å². The normalized spacial score (nSPS) is 14.0. The SMILES string of the molecule is CCSCCC(C)NC(C)c1ccc(C)c([N+](=O)[O-])c1. The molecule has 0 aromatic heterocycles. The van der Waals surface area contributed by atoms with Crippen molar-refractivity contribution in [1.29, 1.82) is 0 Å². The van der Waals surface area contributed by atoms with Crippen molar-refractivity contribution < 1.29 is 4.92 Å². The number of benzene rings is 1. The van der Waals surface area contributed by atoms with Crippen LogP contribution < -0.4 is 5.32 Å². The Hall–Kier alpha value is -1.07. The Bertz CT molecular complexity index is 451. The van der Waals surface area contributed by atoms with Crippen molar-refractivity contribution in [1.82, 2.24) is 5.32 Å². The Morgan fingerprint density at radius 1 is 1.40 bits per heavy atom. The van der Waals surface area contributed by atoms with Crippen LogP contribution in [0.4, 0.5) is 5.69 Å². The lowest BCUT2D eigenvalue weighted by molar-refractivity contribution is -0.385. The predicted octanol–water partition coefficient (Wildman–Crippen LogP) is 4.09. The van der Waals surface area contributed by atoms with Crippen LogP contribution in [-0.2, 0) is 0 Å². The number of nitro groups is 1. The number of thioether (sulfide) groups is 1. The molecule has 2 unspecified atom stereocenters. The van der Waals surface area contributed by atoms with Gasteiger partial charge >= 0.3 is 0 Å². The number of hydrogen-bond acceptors (Lipinski definition) is 4. The van der Waals surface area contributed by atoms with Crippen LogP contribution in [0.5, 0.6) is 0 Å². The summed E-state index contributed by atoms with van der Waals surface area (Å²) < 4.78 is 0. The van der Waals surface area contributed by atoms with Gasteiger partial charge in [0.25, 0.3) is 5.69 Å². The number of hydrogen-bond donors (Lipinski definition) is 1. The number of nitro benzene ring substituents is 1. The van der Waals surface area contributed by atoms with Crippen molar-refractivity contribution >= 4 is 17.4 Å². The zero-order chi connectivity index (χ0) is 15.1. The standard InChI is InChI=1S/C15H24N2O2S/c1-5-20-9-8-12(3)16-13(4)14-7-6-11(2)15(10-14)17(18)19/h6-7,10,12-13,16H,5,8-9H2,1-4H3. The van der Waals surface area contributed by atoms with E-state index in [1.54, 1.807) is 13.0 Å². The van der Waals surface area contributed by atoms with Crippen LogP contribution in [0.25, 0.3) is 0 Å². The maximum Gasteiger partial charge on any atom is 0.272 e. The van der Waals surface area contributed by atoms with E-state index in [-0.39, 0.29) is 16.7 Å². The number of aryl methyl sites for hydroxylation is 1. The summed E-state index contributed by atoms with van der Waals surface area (Å²) in [6, 6.07) is 6.00. The minimum Gasteiger partial charge on any atom is -0.308 e. The minimum atomic E-state index is -0.313. The van der Waals surface area contributed by atoms with Gasteiger partial charge in [0.05, 0.1) is 4.92 Å². The zero-order valence-corrected chi connectivity index (χ0v) is 13.5. The van der Waals surface area contributed by atoms with E-state index in [2.05, 4.69) is 26.1 Å². The van der Waals surface area contributed by atoms with Crippen molar-refractivity contribution in [2.45, 2.75) is 46.2 Å². The predicted molar refractivity (Wildman–Crippen MR) is 86.5 cm³/mol. The fraction of sp³-hybridized carbons (Fsp3) is 0.600. The maximum absolute atomic E-state index is 11.0. The minimum absolute atomic E-state index is 0.121. The average molecular weight is 296 g/mol. The van der Waals surface area contributed by atoms with Gasteiger partial charge in [-0.1, -0.05) is 19.1 Å². The summed E-state index contributed by atoms with van der Waals surface area (Å²) in [5.41, 5.74) is 1.88. The van der Waals surface area contributed by atoms with E-state index >= 15 is 0 Å². The third-order valence-corrected chi connectivity index (χ3v) is 4.30. The quantitative estimate of drug-likeness (QED) is 0.446. The second-order valence-corrected chi connectivity index (χ2v) is 6.47. The molecule has 0 aliphatic heterocycles. The van der Waals surface area contributed by atoms with Gasteiger partial charge in [-0.25, -0.2) is 0 Å². The molecule has 5 heteroatoms. The molecule has 0 fully saturated rings. The van der Waals surface area contributed by atoms with Gasteiger partial charge in [-0.15, -0.1) is 0 Å². The monoisotopic (exact) mass is 296 g/mol. The van der Waals surface area contributed by atoms with Gasteiger partial charge in [-0.2, -0.15) is 11.8 Å². The largest absolute Gasteiger partial charge is 0.308 e. The summed E-state index contributed by atoms with van der Waals surface area (Å²) in [7, 11) is 0. The van der Waals surface area contributed by atoms with Crippen molar-refractivity contribution in [3.8, 4) is 0 Å². The molecule has 0 saturated heterocycles. The first-order valence-corrected chi connectivity index (χ1v) is 8.19. The molecule has 0 heterocycles. The molecule has 2 atom stereocenters. The van der Waals surface area contributed by atoms with E-state index in [1.807, 2.05) is 23.9 Å². The maximum atomic E-state index is 11.0. The molecule has 0 aliphatic carbocycles. The highest BCUT2D eigenvalue weighted by Crippen LogP contribution is 2.23. The van der Waals surface area contributed by atoms with Gasteiger partial charge in [0, 0.05) is 23.7 Å². The van der Waals surface area contributed by atoms with E-state index in [1.165, 1.54) is 0 Å². The Labute approximate surface area is 125 Å². The zero-order valence-electron chi connectivity index (χ0n) is 12.7.